The first-order valence-corrected chi connectivity index (χ1v) is 9.48. The van der Waals surface area contributed by atoms with E-state index in [2.05, 4.69) is 59.2 Å². The second-order valence-corrected chi connectivity index (χ2v) is 7.41. The molecule has 2 fully saturated rings. The fourth-order valence-corrected chi connectivity index (χ4v) is 4.11. The van der Waals surface area contributed by atoms with E-state index in [0.29, 0.717) is 6.04 Å². The van der Waals surface area contributed by atoms with Crippen LogP contribution >= 0.6 is 0 Å². The molecule has 0 bridgehead atoms. The van der Waals surface area contributed by atoms with Gasteiger partial charge in [0.1, 0.15) is 11.8 Å². The lowest BCUT2D eigenvalue weighted by atomic mass is 10.1. The minimum atomic E-state index is 0.593. The molecule has 8 heteroatoms. The average Bonchev–Trinajstić information content (AvgIpc) is 2.97. The van der Waals surface area contributed by atoms with Gasteiger partial charge in [-0.2, -0.15) is 0 Å². The Morgan fingerprint density at radius 2 is 1.67 bits per heavy atom. The normalized spacial score (nSPS) is 18.9. The molecule has 0 N–H and O–H groups in total. The minimum absolute atomic E-state index is 0.593. The van der Waals surface area contributed by atoms with Crippen LogP contribution in [-0.4, -0.2) is 74.7 Å². The Hall–Kier alpha value is -2.74. The summed E-state index contributed by atoms with van der Waals surface area (Å²) in [6.45, 7) is 8.24. The molecule has 2 aliphatic heterocycles. The summed E-state index contributed by atoms with van der Waals surface area (Å²) in [5.41, 5.74) is 3.38. The number of nitrogens with zero attached hydrogens (tertiary/aromatic N) is 8. The van der Waals surface area contributed by atoms with Crippen LogP contribution in [0.3, 0.4) is 0 Å². The molecule has 5 rings (SSSR count). The Kier molecular flexibility index (Phi) is 3.93. The van der Waals surface area contributed by atoms with Gasteiger partial charge in [0.25, 0.3) is 0 Å². The van der Waals surface area contributed by atoms with Gasteiger partial charge in [0.05, 0.1) is 5.52 Å². The monoisotopic (exact) mass is 364 g/mol. The zero-order valence-corrected chi connectivity index (χ0v) is 15.8. The van der Waals surface area contributed by atoms with E-state index in [1.165, 1.54) is 5.69 Å². The maximum Gasteiger partial charge on any atom is 0.225 e. The molecule has 27 heavy (non-hydrogen) atoms. The van der Waals surface area contributed by atoms with Crippen molar-refractivity contribution < 1.29 is 0 Å². The van der Waals surface area contributed by atoms with Crippen LogP contribution in [0.2, 0.25) is 0 Å². The van der Waals surface area contributed by atoms with E-state index in [9.17, 15) is 0 Å². The maximum atomic E-state index is 4.59. The van der Waals surface area contributed by atoms with E-state index in [-0.39, 0.29) is 0 Å². The van der Waals surface area contributed by atoms with Gasteiger partial charge in [0.2, 0.25) is 5.95 Å². The summed E-state index contributed by atoms with van der Waals surface area (Å²) in [6, 6.07) is 4.58. The van der Waals surface area contributed by atoms with Crippen molar-refractivity contribution in [1.82, 2.24) is 29.4 Å². The molecule has 2 aliphatic rings. The number of aryl methyl sites for hydroxylation is 2. The van der Waals surface area contributed by atoms with Crippen LogP contribution in [-0.2, 0) is 7.05 Å². The lowest BCUT2D eigenvalue weighted by Crippen LogP contribution is -2.63. The Labute approximate surface area is 158 Å². The van der Waals surface area contributed by atoms with Crippen molar-refractivity contribution in [2.45, 2.75) is 13.0 Å². The number of piperazine rings is 1. The van der Waals surface area contributed by atoms with Crippen molar-refractivity contribution in [3.8, 4) is 0 Å². The maximum absolute atomic E-state index is 4.59. The van der Waals surface area contributed by atoms with Crippen molar-refractivity contribution in [2.24, 2.45) is 7.05 Å². The second-order valence-electron chi connectivity index (χ2n) is 7.41. The molecular formula is C19H24N8. The highest BCUT2D eigenvalue weighted by Gasteiger charge is 2.35. The molecule has 0 radical (unpaired) electrons. The average molecular weight is 364 g/mol. The number of anilines is 2. The molecule has 2 saturated heterocycles. The molecule has 140 valence electrons. The number of hydrogen-bond donors (Lipinski definition) is 0. The van der Waals surface area contributed by atoms with Gasteiger partial charge in [-0.15, -0.1) is 0 Å². The fraction of sp³-hybridized carbons (Fsp3) is 0.474. The van der Waals surface area contributed by atoms with Crippen LogP contribution in [0.15, 0.2) is 30.9 Å². The van der Waals surface area contributed by atoms with Crippen molar-refractivity contribution in [2.75, 3.05) is 49.1 Å². The molecule has 8 nitrogen and oxygen atoms in total. The van der Waals surface area contributed by atoms with Gasteiger partial charge in [-0.05, 0) is 19.1 Å². The largest absolute Gasteiger partial charge is 0.351 e. The van der Waals surface area contributed by atoms with E-state index < -0.39 is 0 Å². The van der Waals surface area contributed by atoms with E-state index >= 15 is 0 Å². The molecule has 0 amide bonds. The zero-order chi connectivity index (χ0) is 18.4. The third kappa shape index (κ3) is 2.80. The standard InChI is InChI=1S/C19H24N8/c1-14-10-16-17(24(14)2)18(23-13-22-16)27-11-15(12-27)25-6-8-26(9-7-25)19-20-4-3-5-21-19/h3-5,10,13,15H,6-9,11-12H2,1-2H3. The van der Waals surface area contributed by atoms with E-state index in [1.54, 1.807) is 6.33 Å². The van der Waals surface area contributed by atoms with Gasteiger partial charge < -0.3 is 14.4 Å². The quantitative estimate of drug-likeness (QED) is 0.689. The number of rotatable bonds is 3. The van der Waals surface area contributed by atoms with Crippen molar-refractivity contribution in [3.63, 3.8) is 0 Å². The SMILES string of the molecule is Cc1cc2ncnc(N3CC(N4CCN(c5ncccn5)CC4)C3)c2n1C. The first kappa shape index (κ1) is 16.4. The molecule has 5 heterocycles. The second kappa shape index (κ2) is 6.45. The Bertz CT molecular complexity index is 939. The molecule has 0 atom stereocenters. The van der Waals surface area contributed by atoms with Crippen molar-refractivity contribution in [3.05, 3.63) is 36.5 Å². The molecule has 0 unspecified atom stereocenters. The Balaban J connectivity index is 1.23. The number of fused-ring (bicyclic) bond motifs is 1. The Morgan fingerprint density at radius 3 is 2.41 bits per heavy atom. The molecule has 0 saturated carbocycles. The molecule has 0 aromatic carbocycles. The lowest BCUT2D eigenvalue weighted by molar-refractivity contribution is 0.156. The summed E-state index contributed by atoms with van der Waals surface area (Å²) >= 11 is 0. The lowest BCUT2D eigenvalue weighted by Gasteiger charge is -2.48. The van der Waals surface area contributed by atoms with Gasteiger partial charge in [-0.3, -0.25) is 4.90 Å². The van der Waals surface area contributed by atoms with Crippen LogP contribution in [0.1, 0.15) is 5.69 Å². The van der Waals surface area contributed by atoms with Crippen LogP contribution in [0.25, 0.3) is 11.0 Å². The minimum Gasteiger partial charge on any atom is -0.351 e. The van der Waals surface area contributed by atoms with Crippen LogP contribution in [0, 0.1) is 6.92 Å². The van der Waals surface area contributed by atoms with Crippen molar-refractivity contribution in [1.29, 1.82) is 0 Å². The molecule has 3 aromatic heterocycles. The van der Waals surface area contributed by atoms with Crippen LogP contribution in [0.5, 0.6) is 0 Å². The van der Waals surface area contributed by atoms with E-state index in [1.807, 2.05) is 18.5 Å². The summed E-state index contributed by atoms with van der Waals surface area (Å²) in [4.78, 5) is 25.0. The summed E-state index contributed by atoms with van der Waals surface area (Å²) in [7, 11) is 2.09. The molecule has 0 spiro atoms. The third-order valence-corrected chi connectivity index (χ3v) is 5.87. The smallest absolute Gasteiger partial charge is 0.225 e. The van der Waals surface area contributed by atoms with E-state index in [4.69, 9.17) is 0 Å². The number of hydrogen-bond acceptors (Lipinski definition) is 7. The fourth-order valence-electron chi connectivity index (χ4n) is 4.11. The van der Waals surface area contributed by atoms with E-state index in [0.717, 1.165) is 62.1 Å². The van der Waals surface area contributed by atoms with Gasteiger partial charge in [-0.25, -0.2) is 19.9 Å². The molecule has 0 aliphatic carbocycles. The van der Waals surface area contributed by atoms with Crippen molar-refractivity contribution >= 4 is 22.8 Å². The summed E-state index contributed by atoms with van der Waals surface area (Å²) in [6.07, 6.45) is 5.31. The summed E-state index contributed by atoms with van der Waals surface area (Å²) in [5, 5.41) is 0. The predicted octanol–water partition coefficient (Wildman–Crippen LogP) is 1.08. The first-order chi connectivity index (χ1) is 13.2. The van der Waals surface area contributed by atoms with Gasteiger partial charge in [0, 0.05) is 70.4 Å². The van der Waals surface area contributed by atoms with Gasteiger partial charge in [-0.1, -0.05) is 0 Å². The summed E-state index contributed by atoms with van der Waals surface area (Å²) in [5.74, 6) is 1.90. The molecular weight excluding hydrogens is 340 g/mol. The third-order valence-electron chi connectivity index (χ3n) is 5.87. The molecule has 3 aromatic rings. The highest BCUT2D eigenvalue weighted by molar-refractivity contribution is 5.88. The zero-order valence-electron chi connectivity index (χ0n) is 15.8. The van der Waals surface area contributed by atoms with Gasteiger partial charge >= 0.3 is 0 Å². The highest BCUT2D eigenvalue weighted by Crippen LogP contribution is 2.30. The Morgan fingerprint density at radius 1 is 0.926 bits per heavy atom. The summed E-state index contributed by atoms with van der Waals surface area (Å²) < 4.78 is 2.19. The van der Waals surface area contributed by atoms with Crippen LogP contribution < -0.4 is 9.80 Å². The van der Waals surface area contributed by atoms with Crippen LogP contribution in [0.4, 0.5) is 11.8 Å². The predicted molar refractivity (Wildman–Crippen MR) is 105 cm³/mol. The number of aromatic nitrogens is 5. The highest BCUT2D eigenvalue weighted by atomic mass is 15.4. The first-order valence-electron chi connectivity index (χ1n) is 9.48. The van der Waals surface area contributed by atoms with Gasteiger partial charge in [0.15, 0.2) is 5.82 Å². The topological polar surface area (TPSA) is 66.2 Å².